The smallest absolute Gasteiger partial charge is 0.238 e. The molecule has 1 aromatic heterocycles. The summed E-state index contributed by atoms with van der Waals surface area (Å²) < 4.78 is 5.47. The first-order valence-corrected chi connectivity index (χ1v) is 6.55. The number of hydrogen-bond acceptors (Lipinski definition) is 5. The van der Waals surface area contributed by atoms with Crippen LogP contribution in [0.4, 0.5) is 5.69 Å². The molecular formula is C12H13BrN4O2. The zero-order valence-corrected chi connectivity index (χ0v) is 11.7. The molecule has 1 amide bonds. The summed E-state index contributed by atoms with van der Waals surface area (Å²) in [5.41, 5.74) is 0.757. The molecular weight excluding hydrogens is 312 g/mol. The molecule has 2 N–H and O–H groups in total. The highest BCUT2D eigenvalue weighted by molar-refractivity contribution is 9.10. The van der Waals surface area contributed by atoms with E-state index in [-0.39, 0.29) is 12.5 Å². The van der Waals surface area contributed by atoms with E-state index in [1.807, 2.05) is 24.3 Å². The second kappa shape index (κ2) is 7.01. The molecule has 0 unspecified atom stereocenters. The molecule has 7 heteroatoms. The SMILES string of the molecule is O=C(CNCCc1ncon1)Nc1ccccc1Br. The Morgan fingerprint density at radius 1 is 1.37 bits per heavy atom. The third kappa shape index (κ3) is 4.46. The van der Waals surface area contributed by atoms with Crippen LogP contribution >= 0.6 is 15.9 Å². The van der Waals surface area contributed by atoms with Crippen LogP contribution < -0.4 is 10.6 Å². The third-order valence-electron chi connectivity index (χ3n) is 2.37. The van der Waals surface area contributed by atoms with Crippen LogP contribution in [0.15, 0.2) is 39.7 Å². The number of aromatic nitrogens is 2. The minimum atomic E-state index is -0.0972. The van der Waals surface area contributed by atoms with Crippen LogP contribution in [0.25, 0.3) is 0 Å². The normalized spacial score (nSPS) is 10.4. The molecule has 0 spiro atoms. The number of carbonyl (C=O) groups excluding carboxylic acids is 1. The van der Waals surface area contributed by atoms with Gasteiger partial charge < -0.3 is 15.2 Å². The number of halogens is 1. The third-order valence-corrected chi connectivity index (χ3v) is 3.06. The van der Waals surface area contributed by atoms with Crippen molar-refractivity contribution in [3.8, 4) is 0 Å². The van der Waals surface area contributed by atoms with Crippen LogP contribution in [0.2, 0.25) is 0 Å². The number of benzene rings is 1. The quantitative estimate of drug-likeness (QED) is 0.789. The lowest BCUT2D eigenvalue weighted by atomic mass is 10.3. The van der Waals surface area contributed by atoms with E-state index in [0.717, 1.165) is 10.2 Å². The number of nitrogens with one attached hydrogen (secondary N) is 2. The van der Waals surface area contributed by atoms with E-state index < -0.39 is 0 Å². The fourth-order valence-corrected chi connectivity index (χ4v) is 1.85. The van der Waals surface area contributed by atoms with Crippen LogP contribution in [0.5, 0.6) is 0 Å². The van der Waals surface area contributed by atoms with Gasteiger partial charge in [0, 0.05) is 17.4 Å². The average Bonchev–Trinajstić information content (AvgIpc) is 2.91. The van der Waals surface area contributed by atoms with Crippen molar-refractivity contribution in [1.29, 1.82) is 0 Å². The first-order valence-electron chi connectivity index (χ1n) is 5.76. The van der Waals surface area contributed by atoms with E-state index in [1.165, 1.54) is 6.39 Å². The number of hydrogen-bond donors (Lipinski definition) is 2. The second-order valence-electron chi connectivity index (χ2n) is 3.80. The van der Waals surface area contributed by atoms with E-state index in [2.05, 4.69) is 41.2 Å². The lowest BCUT2D eigenvalue weighted by Gasteiger charge is -2.07. The second-order valence-corrected chi connectivity index (χ2v) is 4.66. The Labute approximate surface area is 118 Å². The summed E-state index contributed by atoms with van der Waals surface area (Å²) in [6.45, 7) is 0.849. The largest absolute Gasteiger partial charge is 0.343 e. The highest BCUT2D eigenvalue weighted by Crippen LogP contribution is 2.20. The summed E-state index contributed by atoms with van der Waals surface area (Å²) in [5.74, 6) is 0.527. The molecule has 1 aromatic carbocycles. The van der Waals surface area contributed by atoms with Crippen molar-refractivity contribution in [2.75, 3.05) is 18.4 Å². The molecule has 0 atom stereocenters. The standard InChI is InChI=1S/C12H13BrN4O2/c13-9-3-1-2-4-10(9)16-12(18)7-14-6-5-11-15-8-19-17-11/h1-4,8,14H,5-7H2,(H,16,18). The van der Waals surface area contributed by atoms with Gasteiger partial charge >= 0.3 is 0 Å². The van der Waals surface area contributed by atoms with Crippen molar-refractivity contribution >= 4 is 27.5 Å². The summed E-state index contributed by atoms with van der Waals surface area (Å²) in [5, 5.41) is 9.50. The molecule has 0 saturated heterocycles. The van der Waals surface area contributed by atoms with E-state index in [9.17, 15) is 4.79 Å². The van der Waals surface area contributed by atoms with Gasteiger partial charge in [-0.1, -0.05) is 17.3 Å². The Bertz CT molecular complexity index is 530. The van der Waals surface area contributed by atoms with E-state index in [1.54, 1.807) is 0 Å². The van der Waals surface area contributed by atoms with Gasteiger partial charge in [0.2, 0.25) is 12.3 Å². The Kier molecular flexibility index (Phi) is 5.05. The summed E-state index contributed by atoms with van der Waals surface area (Å²) in [4.78, 5) is 15.6. The van der Waals surface area contributed by atoms with Crippen LogP contribution in [0.3, 0.4) is 0 Å². The highest BCUT2D eigenvalue weighted by atomic mass is 79.9. The van der Waals surface area contributed by atoms with Gasteiger partial charge in [-0.2, -0.15) is 4.98 Å². The minimum absolute atomic E-state index is 0.0972. The minimum Gasteiger partial charge on any atom is -0.343 e. The van der Waals surface area contributed by atoms with E-state index in [4.69, 9.17) is 0 Å². The first-order chi connectivity index (χ1) is 9.25. The van der Waals surface area contributed by atoms with Crippen LogP contribution in [0.1, 0.15) is 5.82 Å². The van der Waals surface area contributed by atoms with Gasteiger partial charge in [0.1, 0.15) is 0 Å². The van der Waals surface area contributed by atoms with Gasteiger partial charge in [-0.15, -0.1) is 0 Å². The molecule has 0 bridgehead atoms. The molecule has 1 heterocycles. The van der Waals surface area contributed by atoms with Gasteiger partial charge in [-0.05, 0) is 28.1 Å². The van der Waals surface area contributed by atoms with Crippen molar-refractivity contribution < 1.29 is 9.32 Å². The topological polar surface area (TPSA) is 80.1 Å². The van der Waals surface area contributed by atoms with Crippen molar-refractivity contribution in [3.05, 3.63) is 41.0 Å². The lowest BCUT2D eigenvalue weighted by Crippen LogP contribution is -2.29. The summed E-state index contributed by atoms with van der Waals surface area (Å²) >= 11 is 3.37. The number of rotatable bonds is 6. The maximum absolute atomic E-state index is 11.7. The summed E-state index contributed by atoms with van der Waals surface area (Å²) in [7, 11) is 0. The molecule has 0 saturated carbocycles. The molecule has 0 radical (unpaired) electrons. The molecule has 2 aromatic rings. The van der Waals surface area contributed by atoms with Crippen LogP contribution in [-0.4, -0.2) is 29.1 Å². The molecule has 100 valence electrons. The van der Waals surface area contributed by atoms with E-state index in [0.29, 0.717) is 18.8 Å². The van der Waals surface area contributed by atoms with Gasteiger partial charge in [0.25, 0.3) is 0 Å². The number of anilines is 1. The summed E-state index contributed by atoms with van der Waals surface area (Å²) in [6, 6.07) is 7.47. The van der Waals surface area contributed by atoms with Gasteiger partial charge in [-0.25, -0.2) is 0 Å². The number of amides is 1. The molecule has 0 aliphatic carbocycles. The maximum Gasteiger partial charge on any atom is 0.238 e. The van der Waals surface area contributed by atoms with Gasteiger partial charge in [0.05, 0.1) is 12.2 Å². The van der Waals surface area contributed by atoms with Crippen molar-refractivity contribution in [1.82, 2.24) is 15.5 Å². The Hall–Kier alpha value is -1.73. The maximum atomic E-state index is 11.7. The Morgan fingerprint density at radius 3 is 2.95 bits per heavy atom. The Balaban J connectivity index is 1.69. The number of carbonyl (C=O) groups is 1. The molecule has 2 rings (SSSR count). The fraction of sp³-hybridized carbons (Fsp3) is 0.250. The van der Waals surface area contributed by atoms with Crippen molar-refractivity contribution in [2.24, 2.45) is 0 Å². The summed E-state index contributed by atoms with van der Waals surface area (Å²) in [6.07, 6.45) is 1.91. The number of para-hydroxylation sites is 1. The molecule has 19 heavy (non-hydrogen) atoms. The van der Waals surface area contributed by atoms with Gasteiger partial charge in [-0.3, -0.25) is 4.79 Å². The first kappa shape index (κ1) is 13.7. The van der Waals surface area contributed by atoms with Crippen LogP contribution in [-0.2, 0) is 11.2 Å². The predicted molar refractivity (Wildman–Crippen MR) is 73.6 cm³/mol. The lowest BCUT2D eigenvalue weighted by molar-refractivity contribution is -0.115. The highest BCUT2D eigenvalue weighted by Gasteiger charge is 2.04. The van der Waals surface area contributed by atoms with Crippen LogP contribution in [0, 0.1) is 0 Å². The Morgan fingerprint density at radius 2 is 2.21 bits per heavy atom. The molecule has 0 fully saturated rings. The van der Waals surface area contributed by atoms with E-state index >= 15 is 0 Å². The van der Waals surface area contributed by atoms with Crippen molar-refractivity contribution in [3.63, 3.8) is 0 Å². The number of nitrogens with zero attached hydrogens (tertiary/aromatic N) is 2. The fourth-order valence-electron chi connectivity index (χ4n) is 1.46. The van der Waals surface area contributed by atoms with Crippen molar-refractivity contribution in [2.45, 2.75) is 6.42 Å². The molecule has 6 nitrogen and oxygen atoms in total. The predicted octanol–water partition coefficient (Wildman–Crippen LogP) is 1.60. The molecule has 0 aliphatic heterocycles. The van der Waals surface area contributed by atoms with Gasteiger partial charge in [0.15, 0.2) is 5.82 Å². The average molecular weight is 325 g/mol. The zero-order chi connectivity index (χ0) is 13.5. The zero-order valence-electron chi connectivity index (χ0n) is 10.1. The molecule has 0 aliphatic rings. The monoisotopic (exact) mass is 324 g/mol.